The van der Waals surface area contributed by atoms with Crippen LogP contribution < -0.4 is 10.6 Å². The molecule has 0 radical (unpaired) electrons. The number of likely N-dealkylation sites (N-methyl/N-ethyl adjacent to an activating group) is 2. The van der Waals surface area contributed by atoms with Crippen LogP contribution in [-0.4, -0.2) is 156 Å². The summed E-state index contributed by atoms with van der Waals surface area (Å²) in [5.41, 5.74) is 1.81. The van der Waals surface area contributed by atoms with E-state index in [0.29, 0.717) is 45.3 Å². The summed E-state index contributed by atoms with van der Waals surface area (Å²) in [6, 6.07) is 3.51. The Balaban J connectivity index is 1.71. The minimum absolute atomic E-state index is 0.00847. The van der Waals surface area contributed by atoms with Gasteiger partial charge in [0.05, 0.1) is 36.6 Å². The Morgan fingerprint density at radius 2 is 1.55 bits per heavy atom. The fourth-order valence-electron chi connectivity index (χ4n) is 9.43. The molecule has 0 bridgehead atoms. The molecule has 0 saturated carbocycles. The number of nitrogens with one attached hydrogen (secondary N) is 2. The van der Waals surface area contributed by atoms with Gasteiger partial charge in [-0.15, -0.1) is 0 Å². The minimum Gasteiger partial charge on any atom is -0.480 e. The highest BCUT2D eigenvalue weighted by Crippen LogP contribution is 2.30. The molecule has 1 aromatic rings. The number of aliphatic carboxylic acids is 1. The van der Waals surface area contributed by atoms with E-state index in [9.17, 15) is 38.7 Å². The van der Waals surface area contributed by atoms with E-state index in [2.05, 4.69) is 10.6 Å². The molecule has 0 unspecified atom stereocenters. The van der Waals surface area contributed by atoms with Gasteiger partial charge in [0.15, 0.2) is 0 Å². The molecule has 370 valence electrons. The van der Waals surface area contributed by atoms with E-state index in [0.717, 1.165) is 24.0 Å². The second-order valence-corrected chi connectivity index (χ2v) is 19.1. The third-order valence-corrected chi connectivity index (χ3v) is 13.6. The third-order valence-electron chi connectivity index (χ3n) is 13.6. The SMILES string of the molecule is CC[C@H](C)[C@@H]([C@@H](CC(=O)N1CCC[C@H]1[C@H](OC)[C@@H](C)C(=O)N[C@@H](Cc1ccc(C)cc1)C(=O)O)OC)N(C)C(=O)[C@@H](NC(=O)[C@H](C(C)C)N(C)C(=O)CCCCCN1CC=CC1=O)C(C)C. The van der Waals surface area contributed by atoms with Gasteiger partial charge in [-0.1, -0.05) is 97.2 Å². The summed E-state index contributed by atoms with van der Waals surface area (Å²) in [6.45, 7) is 16.7. The van der Waals surface area contributed by atoms with Crippen molar-refractivity contribution in [2.75, 3.05) is 47.9 Å². The number of carbonyl (C=O) groups is 7. The van der Waals surface area contributed by atoms with Gasteiger partial charge in [-0.05, 0) is 55.9 Å². The number of amides is 6. The molecule has 16 heteroatoms. The monoisotopic (exact) mass is 925 g/mol. The standard InChI is InChI=1S/C50H80N6O10/c1-13-34(7)45(54(10)49(62)43(31(2)3)52-48(61)44(32(4)5)53(9)40(57)20-15-14-16-26-55-27-18-21-41(55)58)39(65-11)30-42(59)56-28-17-19-38(56)46(66-12)35(8)47(60)51-37(50(63)64)29-36-24-22-33(6)23-25-36/h18,21-25,31-32,34-35,37-39,43-46H,13-17,19-20,26-30H2,1-12H3,(H,51,60)(H,52,61)(H,63,64)/t34-,35+,37-,38-,39+,43-,44-,45-,46+/m0/s1. The van der Waals surface area contributed by atoms with Crippen molar-refractivity contribution < 1.29 is 48.1 Å². The smallest absolute Gasteiger partial charge is 0.326 e. The van der Waals surface area contributed by atoms with Gasteiger partial charge in [0.1, 0.15) is 18.1 Å². The largest absolute Gasteiger partial charge is 0.480 e. The molecule has 0 aliphatic carbocycles. The average molecular weight is 925 g/mol. The van der Waals surface area contributed by atoms with Gasteiger partial charge >= 0.3 is 5.97 Å². The highest BCUT2D eigenvalue weighted by Gasteiger charge is 2.44. The summed E-state index contributed by atoms with van der Waals surface area (Å²) < 4.78 is 12.0. The normalized spacial score (nSPS) is 18.6. The van der Waals surface area contributed by atoms with Gasteiger partial charge in [-0.3, -0.25) is 28.8 Å². The topological polar surface area (TPSA) is 195 Å². The van der Waals surface area contributed by atoms with E-state index in [1.807, 2.05) is 78.8 Å². The minimum atomic E-state index is -1.16. The molecule has 6 amide bonds. The summed E-state index contributed by atoms with van der Waals surface area (Å²) in [7, 11) is 6.29. The molecule has 3 rings (SSSR count). The van der Waals surface area contributed by atoms with Crippen molar-refractivity contribution in [3.05, 3.63) is 47.5 Å². The molecule has 16 nitrogen and oxygen atoms in total. The van der Waals surface area contributed by atoms with E-state index in [1.54, 1.807) is 41.8 Å². The summed E-state index contributed by atoms with van der Waals surface area (Å²) in [5.74, 6) is -4.29. The van der Waals surface area contributed by atoms with Gasteiger partial charge < -0.3 is 44.8 Å². The Kier molecular flexibility index (Phi) is 22.3. The predicted molar refractivity (Wildman–Crippen MR) is 253 cm³/mol. The molecule has 2 aliphatic rings. The van der Waals surface area contributed by atoms with Crippen LogP contribution in [0.2, 0.25) is 0 Å². The zero-order chi connectivity index (χ0) is 49.4. The molecule has 1 aromatic carbocycles. The van der Waals surface area contributed by atoms with Crippen molar-refractivity contribution >= 4 is 41.4 Å². The predicted octanol–water partition coefficient (Wildman–Crippen LogP) is 4.61. The number of likely N-dealkylation sites (tertiary alicyclic amines) is 1. The van der Waals surface area contributed by atoms with Crippen LogP contribution in [0.5, 0.6) is 0 Å². The van der Waals surface area contributed by atoms with Crippen molar-refractivity contribution in [2.45, 2.75) is 156 Å². The second-order valence-electron chi connectivity index (χ2n) is 19.1. The zero-order valence-electron chi connectivity index (χ0n) is 41.7. The van der Waals surface area contributed by atoms with Crippen molar-refractivity contribution in [3.8, 4) is 0 Å². The summed E-state index contributed by atoms with van der Waals surface area (Å²) in [6.07, 6.45) is 6.33. The number of nitrogens with zero attached hydrogens (tertiary/aromatic N) is 4. The molecule has 2 aliphatic heterocycles. The van der Waals surface area contributed by atoms with Gasteiger partial charge in [-0.25, -0.2) is 4.79 Å². The Bertz CT molecular complexity index is 1820. The highest BCUT2D eigenvalue weighted by atomic mass is 16.5. The van der Waals surface area contributed by atoms with Crippen LogP contribution in [0.25, 0.3) is 0 Å². The number of hydrogen-bond donors (Lipinski definition) is 3. The van der Waals surface area contributed by atoms with E-state index in [1.165, 1.54) is 19.1 Å². The molecule has 2 heterocycles. The van der Waals surface area contributed by atoms with E-state index >= 15 is 0 Å². The van der Waals surface area contributed by atoms with Gasteiger partial charge in [-0.2, -0.15) is 0 Å². The first-order chi connectivity index (χ1) is 31.2. The molecule has 3 N–H and O–H groups in total. The zero-order valence-corrected chi connectivity index (χ0v) is 41.7. The Morgan fingerprint density at radius 3 is 2.09 bits per heavy atom. The first-order valence-electron chi connectivity index (χ1n) is 23.9. The lowest BCUT2D eigenvalue weighted by Crippen LogP contribution is -2.60. The number of unbranched alkanes of at least 4 members (excludes halogenated alkanes) is 2. The van der Waals surface area contributed by atoms with Crippen molar-refractivity contribution in [1.82, 2.24) is 30.2 Å². The number of hydrogen-bond acceptors (Lipinski definition) is 9. The number of carboxylic acids is 1. The fraction of sp³-hybridized carbons (Fsp3) is 0.700. The lowest BCUT2D eigenvalue weighted by Gasteiger charge is -2.41. The van der Waals surface area contributed by atoms with E-state index < -0.39 is 66.1 Å². The summed E-state index contributed by atoms with van der Waals surface area (Å²) in [4.78, 5) is 101. The Hall–Kier alpha value is -4.83. The number of carboxylic acid groups (broad SMARTS) is 1. The van der Waals surface area contributed by atoms with Crippen LogP contribution in [0.1, 0.15) is 111 Å². The van der Waals surface area contributed by atoms with Crippen LogP contribution >= 0.6 is 0 Å². The van der Waals surface area contributed by atoms with Crippen LogP contribution in [0.3, 0.4) is 0 Å². The Labute approximate surface area is 393 Å². The first-order valence-corrected chi connectivity index (χ1v) is 23.9. The number of rotatable bonds is 27. The maximum absolute atomic E-state index is 14.6. The van der Waals surface area contributed by atoms with Gasteiger partial charge in [0.2, 0.25) is 35.4 Å². The molecule has 1 fully saturated rings. The third kappa shape index (κ3) is 15.1. The van der Waals surface area contributed by atoms with Crippen molar-refractivity contribution in [1.29, 1.82) is 0 Å². The molecule has 9 atom stereocenters. The number of aryl methyl sites for hydroxylation is 1. The van der Waals surface area contributed by atoms with Gasteiger partial charge in [0.25, 0.3) is 0 Å². The fourth-order valence-corrected chi connectivity index (χ4v) is 9.43. The average Bonchev–Trinajstić information content (AvgIpc) is 3.93. The highest BCUT2D eigenvalue weighted by molar-refractivity contribution is 5.93. The van der Waals surface area contributed by atoms with Crippen LogP contribution in [0, 0.1) is 30.6 Å². The van der Waals surface area contributed by atoms with Crippen molar-refractivity contribution in [3.63, 3.8) is 0 Å². The van der Waals surface area contributed by atoms with E-state index in [4.69, 9.17) is 9.47 Å². The van der Waals surface area contributed by atoms with Crippen LogP contribution in [0.15, 0.2) is 36.4 Å². The lowest BCUT2D eigenvalue weighted by molar-refractivity contribution is -0.149. The second kappa shape index (κ2) is 26.5. The molecular weight excluding hydrogens is 845 g/mol. The summed E-state index contributed by atoms with van der Waals surface area (Å²) in [5, 5.41) is 15.7. The van der Waals surface area contributed by atoms with Crippen molar-refractivity contribution in [2.24, 2.45) is 23.7 Å². The number of benzene rings is 1. The molecule has 1 saturated heterocycles. The maximum atomic E-state index is 14.6. The molecule has 66 heavy (non-hydrogen) atoms. The Morgan fingerprint density at radius 1 is 0.879 bits per heavy atom. The van der Waals surface area contributed by atoms with Crippen LogP contribution in [0.4, 0.5) is 0 Å². The first kappa shape index (κ1) is 55.5. The lowest BCUT2D eigenvalue weighted by atomic mass is 9.89. The number of methoxy groups -OCH3 is 2. The van der Waals surface area contributed by atoms with Gasteiger partial charge in [0, 0.05) is 66.9 Å². The van der Waals surface area contributed by atoms with Crippen LogP contribution in [-0.2, 0) is 49.5 Å². The molecule has 0 spiro atoms. The number of ether oxygens (including phenoxy) is 2. The van der Waals surface area contributed by atoms with E-state index in [-0.39, 0.29) is 60.6 Å². The quantitative estimate of drug-likeness (QED) is 0.105. The molecular formula is C50H80N6O10. The number of carbonyl (C=O) groups excluding carboxylic acids is 6. The molecule has 0 aromatic heterocycles. The summed E-state index contributed by atoms with van der Waals surface area (Å²) >= 11 is 0. The maximum Gasteiger partial charge on any atom is 0.326 e.